The van der Waals surface area contributed by atoms with E-state index in [1.165, 1.54) is 6.07 Å². The minimum absolute atomic E-state index is 0.289. The van der Waals surface area contributed by atoms with E-state index in [9.17, 15) is 4.39 Å². The highest BCUT2D eigenvalue weighted by atomic mass is 79.9. The first-order valence-corrected chi connectivity index (χ1v) is 7.17. The maximum atomic E-state index is 13.8. The van der Waals surface area contributed by atoms with E-state index in [0.717, 1.165) is 5.56 Å². The molecule has 0 aromatic heterocycles. The molecule has 2 N–H and O–H groups in total. The standard InChI is InChI=1S/C14H11BrCl2FN/c15-9-5-4-8(12(18)7-9)6-13(19)10-2-1-3-11(16)14(10)17/h1-5,7,13H,6,19H2. The monoisotopic (exact) mass is 361 g/mol. The molecule has 0 amide bonds. The van der Waals surface area contributed by atoms with Crippen LogP contribution < -0.4 is 5.73 Å². The largest absolute Gasteiger partial charge is 0.324 e. The lowest BCUT2D eigenvalue weighted by atomic mass is 9.99. The van der Waals surface area contributed by atoms with Gasteiger partial charge in [0.25, 0.3) is 0 Å². The van der Waals surface area contributed by atoms with Gasteiger partial charge in [0, 0.05) is 10.5 Å². The fraction of sp³-hybridized carbons (Fsp3) is 0.143. The Morgan fingerprint density at radius 1 is 1.21 bits per heavy atom. The topological polar surface area (TPSA) is 26.0 Å². The van der Waals surface area contributed by atoms with Crippen LogP contribution in [-0.4, -0.2) is 0 Å². The summed E-state index contributed by atoms with van der Waals surface area (Å²) < 4.78 is 14.5. The van der Waals surface area contributed by atoms with Crippen molar-refractivity contribution in [1.82, 2.24) is 0 Å². The summed E-state index contributed by atoms with van der Waals surface area (Å²) in [5.74, 6) is -0.289. The van der Waals surface area contributed by atoms with Crippen LogP contribution in [0, 0.1) is 5.82 Å². The molecule has 0 spiro atoms. The van der Waals surface area contributed by atoms with E-state index >= 15 is 0 Å². The molecule has 0 radical (unpaired) electrons. The number of rotatable bonds is 3. The van der Waals surface area contributed by atoms with Crippen LogP contribution in [-0.2, 0) is 6.42 Å². The van der Waals surface area contributed by atoms with Gasteiger partial charge >= 0.3 is 0 Å². The van der Waals surface area contributed by atoms with Crippen LogP contribution in [0.4, 0.5) is 4.39 Å². The summed E-state index contributed by atoms with van der Waals surface area (Å²) in [4.78, 5) is 0. The van der Waals surface area contributed by atoms with Gasteiger partial charge in [-0.3, -0.25) is 0 Å². The van der Waals surface area contributed by atoms with E-state index in [-0.39, 0.29) is 5.82 Å². The Balaban J connectivity index is 2.25. The molecule has 0 aliphatic rings. The summed E-state index contributed by atoms with van der Waals surface area (Å²) in [7, 11) is 0. The van der Waals surface area contributed by atoms with Crippen molar-refractivity contribution in [2.45, 2.75) is 12.5 Å². The molecule has 2 aromatic rings. The molecule has 2 rings (SSSR count). The predicted molar refractivity (Wildman–Crippen MR) is 81.2 cm³/mol. The molecule has 0 heterocycles. The van der Waals surface area contributed by atoms with Crippen molar-refractivity contribution in [1.29, 1.82) is 0 Å². The number of halogens is 4. The van der Waals surface area contributed by atoms with Gasteiger partial charge in [0.2, 0.25) is 0 Å². The van der Waals surface area contributed by atoms with E-state index in [0.29, 0.717) is 26.5 Å². The van der Waals surface area contributed by atoms with Crippen LogP contribution in [0.3, 0.4) is 0 Å². The summed E-state index contributed by atoms with van der Waals surface area (Å²) in [6.45, 7) is 0. The summed E-state index contributed by atoms with van der Waals surface area (Å²) >= 11 is 15.3. The van der Waals surface area contributed by atoms with E-state index in [4.69, 9.17) is 28.9 Å². The Hall–Kier alpha value is -0.610. The molecule has 0 saturated carbocycles. The highest BCUT2D eigenvalue weighted by Gasteiger charge is 2.15. The zero-order valence-corrected chi connectivity index (χ0v) is 12.9. The Morgan fingerprint density at radius 3 is 2.63 bits per heavy atom. The van der Waals surface area contributed by atoms with Gasteiger partial charge in [-0.05, 0) is 35.7 Å². The normalized spacial score (nSPS) is 12.5. The lowest BCUT2D eigenvalue weighted by Crippen LogP contribution is -2.14. The molecule has 19 heavy (non-hydrogen) atoms. The van der Waals surface area contributed by atoms with Crippen LogP contribution in [0.2, 0.25) is 10.0 Å². The summed E-state index contributed by atoms with van der Waals surface area (Å²) in [5, 5.41) is 0.875. The highest BCUT2D eigenvalue weighted by molar-refractivity contribution is 9.10. The third kappa shape index (κ3) is 3.48. The van der Waals surface area contributed by atoms with Gasteiger partial charge in [-0.25, -0.2) is 4.39 Å². The smallest absolute Gasteiger partial charge is 0.127 e. The molecule has 1 unspecified atom stereocenters. The first kappa shape index (κ1) is 14.8. The van der Waals surface area contributed by atoms with Crippen molar-refractivity contribution in [2.24, 2.45) is 5.73 Å². The predicted octanol–water partition coefficient (Wildman–Crippen LogP) is 5.14. The molecule has 100 valence electrons. The van der Waals surface area contributed by atoms with Crippen molar-refractivity contribution in [3.63, 3.8) is 0 Å². The average Bonchev–Trinajstić information content (AvgIpc) is 2.36. The zero-order chi connectivity index (χ0) is 14.0. The molecule has 0 bridgehead atoms. The van der Waals surface area contributed by atoms with Gasteiger partial charge < -0.3 is 5.73 Å². The van der Waals surface area contributed by atoms with Crippen LogP contribution in [0.1, 0.15) is 17.2 Å². The number of hydrogen-bond donors (Lipinski definition) is 1. The lowest BCUT2D eigenvalue weighted by molar-refractivity contribution is 0.592. The SMILES string of the molecule is NC(Cc1ccc(Br)cc1F)c1cccc(Cl)c1Cl. The third-order valence-electron chi connectivity index (χ3n) is 2.84. The van der Waals surface area contributed by atoms with Gasteiger partial charge in [-0.2, -0.15) is 0 Å². The molecule has 1 nitrogen and oxygen atoms in total. The van der Waals surface area contributed by atoms with Gasteiger partial charge in [0.1, 0.15) is 5.82 Å². The number of hydrogen-bond acceptors (Lipinski definition) is 1. The van der Waals surface area contributed by atoms with Gasteiger partial charge in [0.05, 0.1) is 10.0 Å². The van der Waals surface area contributed by atoms with E-state index < -0.39 is 6.04 Å². The van der Waals surface area contributed by atoms with Gasteiger partial charge in [-0.15, -0.1) is 0 Å². The highest BCUT2D eigenvalue weighted by Crippen LogP contribution is 2.31. The Bertz CT molecular complexity index is 604. The molecule has 5 heteroatoms. The minimum Gasteiger partial charge on any atom is -0.324 e. The minimum atomic E-state index is -0.401. The molecule has 1 atom stereocenters. The second-order valence-electron chi connectivity index (χ2n) is 4.19. The van der Waals surface area contributed by atoms with Crippen LogP contribution in [0.5, 0.6) is 0 Å². The molecule has 0 fully saturated rings. The molecule has 2 aromatic carbocycles. The second kappa shape index (κ2) is 6.23. The summed E-state index contributed by atoms with van der Waals surface area (Å²) in [6.07, 6.45) is 0.360. The van der Waals surface area contributed by atoms with Gasteiger partial charge in [0.15, 0.2) is 0 Å². The molecular formula is C14H11BrCl2FN. The Morgan fingerprint density at radius 2 is 1.95 bits per heavy atom. The van der Waals surface area contributed by atoms with Crippen molar-refractivity contribution in [3.8, 4) is 0 Å². The van der Waals surface area contributed by atoms with Gasteiger partial charge in [-0.1, -0.05) is 57.3 Å². The van der Waals surface area contributed by atoms with E-state index in [2.05, 4.69) is 15.9 Å². The number of nitrogens with two attached hydrogens (primary N) is 1. The summed E-state index contributed by atoms with van der Waals surface area (Å²) in [6, 6.07) is 9.78. The molecule has 0 saturated heterocycles. The average molecular weight is 363 g/mol. The van der Waals surface area contributed by atoms with Crippen LogP contribution in [0.15, 0.2) is 40.9 Å². The van der Waals surface area contributed by atoms with Crippen LogP contribution in [0.25, 0.3) is 0 Å². The first-order valence-electron chi connectivity index (χ1n) is 5.62. The number of benzene rings is 2. The zero-order valence-electron chi connectivity index (χ0n) is 9.84. The fourth-order valence-corrected chi connectivity index (χ4v) is 2.62. The quantitative estimate of drug-likeness (QED) is 0.803. The fourth-order valence-electron chi connectivity index (χ4n) is 1.84. The molecule has 0 aliphatic heterocycles. The van der Waals surface area contributed by atoms with Crippen molar-refractivity contribution >= 4 is 39.1 Å². The van der Waals surface area contributed by atoms with Crippen molar-refractivity contribution < 1.29 is 4.39 Å². The van der Waals surface area contributed by atoms with Crippen LogP contribution >= 0.6 is 39.1 Å². The molecule has 0 aliphatic carbocycles. The maximum absolute atomic E-state index is 13.8. The lowest BCUT2D eigenvalue weighted by Gasteiger charge is -2.15. The van der Waals surface area contributed by atoms with E-state index in [1.54, 1.807) is 30.3 Å². The third-order valence-corrected chi connectivity index (χ3v) is 4.16. The second-order valence-corrected chi connectivity index (χ2v) is 5.89. The van der Waals surface area contributed by atoms with Crippen molar-refractivity contribution in [3.05, 3.63) is 67.9 Å². The Labute approximate surface area is 129 Å². The maximum Gasteiger partial charge on any atom is 0.127 e. The Kier molecular flexibility index (Phi) is 4.85. The molecular weight excluding hydrogens is 352 g/mol. The first-order chi connectivity index (χ1) is 8.99. The van der Waals surface area contributed by atoms with Crippen molar-refractivity contribution in [2.75, 3.05) is 0 Å². The van der Waals surface area contributed by atoms with E-state index in [1.807, 2.05) is 0 Å². The summed E-state index contributed by atoms with van der Waals surface area (Å²) in [5.41, 5.74) is 7.35.